The smallest absolute Gasteiger partial charge is 0.224 e. The summed E-state index contributed by atoms with van der Waals surface area (Å²) in [6.45, 7) is 8.58. The Hall–Kier alpha value is -3.00. The third-order valence-electron chi connectivity index (χ3n) is 4.98. The van der Waals surface area contributed by atoms with Crippen LogP contribution in [0.4, 0.5) is 10.3 Å². The van der Waals surface area contributed by atoms with E-state index in [9.17, 15) is 4.39 Å². The van der Waals surface area contributed by atoms with Gasteiger partial charge in [-0.2, -0.15) is 4.98 Å². The lowest BCUT2D eigenvalue weighted by molar-refractivity contribution is 0.190. The minimum atomic E-state index is -0.332. The summed E-state index contributed by atoms with van der Waals surface area (Å²) in [6, 6.07) is 3.77. The minimum Gasteiger partial charge on any atom is -0.383 e. The van der Waals surface area contributed by atoms with Crippen molar-refractivity contribution in [1.82, 2.24) is 24.5 Å². The zero-order valence-electron chi connectivity index (χ0n) is 17.2. The number of nitrogens with zero attached hydrogens (tertiary/aromatic N) is 4. The van der Waals surface area contributed by atoms with Gasteiger partial charge in [0.25, 0.3) is 0 Å². The molecule has 1 atom stereocenters. The van der Waals surface area contributed by atoms with Crippen LogP contribution in [0.5, 0.6) is 0 Å². The fourth-order valence-corrected chi connectivity index (χ4v) is 3.80. The van der Waals surface area contributed by atoms with Crippen molar-refractivity contribution >= 4 is 28.0 Å². The first kappa shape index (κ1) is 19.3. The van der Waals surface area contributed by atoms with Gasteiger partial charge in [-0.25, -0.2) is 14.4 Å². The molecule has 3 heterocycles. The molecular formula is C21H25FN6O. The largest absolute Gasteiger partial charge is 0.383 e. The predicted molar refractivity (Wildman–Crippen MR) is 113 cm³/mol. The first-order valence-electron chi connectivity index (χ1n) is 9.67. The Morgan fingerprint density at radius 1 is 1.24 bits per heavy atom. The van der Waals surface area contributed by atoms with Crippen molar-refractivity contribution in [2.24, 2.45) is 0 Å². The van der Waals surface area contributed by atoms with Gasteiger partial charge in [0.15, 0.2) is 5.82 Å². The quantitative estimate of drug-likeness (QED) is 0.503. The molecule has 0 aliphatic rings. The number of imidazole rings is 1. The molecule has 0 saturated carbocycles. The van der Waals surface area contributed by atoms with Crippen molar-refractivity contribution in [2.45, 2.75) is 39.8 Å². The fourth-order valence-electron chi connectivity index (χ4n) is 3.80. The van der Waals surface area contributed by atoms with Gasteiger partial charge >= 0.3 is 0 Å². The van der Waals surface area contributed by atoms with Gasteiger partial charge in [-0.05, 0) is 45.4 Å². The Morgan fingerprint density at radius 3 is 2.76 bits per heavy atom. The maximum absolute atomic E-state index is 14.8. The van der Waals surface area contributed by atoms with Crippen LogP contribution in [-0.4, -0.2) is 44.3 Å². The molecule has 2 N–H and O–H groups in total. The number of anilines is 1. The van der Waals surface area contributed by atoms with Crippen LogP contribution >= 0.6 is 0 Å². The Kier molecular flexibility index (Phi) is 4.96. The number of aromatic amines is 1. The molecule has 152 valence electrons. The van der Waals surface area contributed by atoms with E-state index in [-0.39, 0.29) is 17.9 Å². The van der Waals surface area contributed by atoms with E-state index in [1.165, 1.54) is 6.07 Å². The van der Waals surface area contributed by atoms with Gasteiger partial charge in [-0.3, -0.25) is 0 Å². The molecule has 0 unspecified atom stereocenters. The number of hydrogen-bond acceptors (Lipinski definition) is 5. The molecule has 8 heteroatoms. The molecular weight excluding hydrogens is 371 g/mol. The van der Waals surface area contributed by atoms with Crippen molar-refractivity contribution in [3.05, 3.63) is 36.2 Å². The highest BCUT2D eigenvalue weighted by Crippen LogP contribution is 2.33. The predicted octanol–water partition coefficient (Wildman–Crippen LogP) is 4.45. The van der Waals surface area contributed by atoms with Gasteiger partial charge in [0, 0.05) is 42.5 Å². The van der Waals surface area contributed by atoms with Gasteiger partial charge in [-0.15, -0.1) is 0 Å². The lowest BCUT2D eigenvalue weighted by Gasteiger charge is -2.12. The SMILES string of the molecule is COC[C@H](C)Nc1ncc2c(-c3cc(F)c4nc(C)n(C(C)C)c4c3)c[nH]c2n1. The molecule has 3 aromatic heterocycles. The van der Waals surface area contributed by atoms with Crippen molar-refractivity contribution < 1.29 is 9.13 Å². The maximum Gasteiger partial charge on any atom is 0.224 e. The van der Waals surface area contributed by atoms with Gasteiger partial charge in [0.2, 0.25) is 5.95 Å². The van der Waals surface area contributed by atoms with Crippen LogP contribution in [0.15, 0.2) is 24.5 Å². The monoisotopic (exact) mass is 396 g/mol. The Morgan fingerprint density at radius 2 is 2.03 bits per heavy atom. The van der Waals surface area contributed by atoms with E-state index in [0.717, 1.165) is 27.9 Å². The van der Waals surface area contributed by atoms with Crippen LogP contribution in [0.2, 0.25) is 0 Å². The summed E-state index contributed by atoms with van der Waals surface area (Å²) in [6.07, 6.45) is 3.59. The third kappa shape index (κ3) is 3.44. The number of nitrogens with one attached hydrogen (secondary N) is 2. The number of benzene rings is 1. The molecule has 0 aliphatic heterocycles. The highest BCUT2D eigenvalue weighted by atomic mass is 19.1. The minimum absolute atomic E-state index is 0.0861. The first-order chi connectivity index (χ1) is 13.9. The van der Waals surface area contributed by atoms with Gasteiger partial charge in [0.05, 0.1) is 12.1 Å². The van der Waals surface area contributed by atoms with Crippen LogP contribution in [0.1, 0.15) is 32.6 Å². The first-order valence-corrected chi connectivity index (χ1v) is 9.67. The van der Waals surface area contributed by atoms with Gasteiger partial charge in [0.1, 0.15) is 17.0 Å². The summed E-state index contributed by atoms with van der Waals surface area (Å²) >= 11 is 0. The molecule has 0 amide bonds. The number of aromatic nitrogens is 5. The maximum atomic E-state index is 14.8. The number of H-pyrrole nitrogens is 1. The molecule has 4 aromatic rings. The van der Waals surface area contributed by atoms with Crippen LogP contribution in [0.3, 0.4) is 0 Å². The zero-order chi connectivity index (χ0) is 20.7. The molecule has 7 nitrogen and oxygen atoms in total. The molecule has 4 rings (SSSR count). The molecule has 0 bridgehead atoms. The summed E-state index contributed by atoms with van der Waals surface area (Å²) < 4.78 is 22.0. The summed E-state index contributed by atoms with van der Waals surface area (Å²) in [5.74, 6) is 0.988. The van der Waals surface area contributed by atoms with Crippen LogP contribution in [0, 0.1) is 12.7 Å². The highest BCUT2D eigenvalue weighted by Gasteiger charge is 2.17. The Bertz CT molecular complexity index is 1180. The van der Waals surface area contributed by atoms with Crippen molar-refractivity contribution in [2.75, 3.05) is 19.0 Å². The number of ether oxygens (including phenoxy) is 1. The Balaban J connectivity index is 1.78. The lowest BCUT2D eigenvalue weighted by atomic mass is 10.1. The summed E-state index contributed by atoms with van der Waals surface area (Å²) in [5, 5.41) is 4.04. The van der Waals surface area contributed by atoms with E-state index in [4.69, 9.17) is 4.74 Å². The molecule has 0 aliphatic carbocycles. The number of hydrogen-bond donors (Lipinski definition) is 2. The van der Waals surface area contributed by atoms with Crippen LogP contribution < -0.4 is 5.32 Å². The average molecular weight is 396 g/mol. The molecule has 1 aromatic carbocycles. The lowest BCUT2D eigenvalue weighted by Crippen LogP contribution is -2.22. The molecule has 0 radical (unpaired) electrons. The normalized spacial score (nSPS) is 12.9. The summed E-state index contributed by atoms with van der Waals surface area (Å²) in [4.78, 5) is 16.5. The number of rotatable bonds is 6. The Labute approximate surface area is 168 Å². The van der Waals surface area contributed by atoms with E-state index in [0.29, 0.717) is 23.7 Å². The number of halogens is 1. The average Bonchev–Trinajstić information content (AvgIpc) is 3.22. The molecule has 0 spiro atoms. The van der Waals surface area contributed by atoms with Crippen molar-refractivity contribution in [1.29, 1.82) is 0 Å². The van der Waals surface area contributed by atoms with E-state index in [1.54, 1.807) is 13.3 Å². The van der Waals surface area contributed by atoms with Crippen LogP contribution in [-0.2, 0) is 4.74 Å². The van der Waals surface area contributed by atoms with E-state index in [1.807, 2.05) is 30.7 Å². The summed E-state index contributed by atoms with van der Waals surface area (Å²) in [7, 11) is 1.65. The second kappa shape index (κ2) is 7.44. The fraction of sp³-hybridized carbons (Fsp3) is 0.381. The number of methoxy groups -OCH3 is 1. The second-order valence-electron chi connectivity index (χ2n) is 7.61. The van der Waals surface area contributed by atoms with Crippen molar-refractivity contribution in [3.63, 3.8) is 0 Å². The third-order valence-corrected chi connectivity index (χ3v) is 4.98. The topological polar surface area (TPSA) is 80.6 Å². The zero-order valence-corrected chi connectivity index (χ0v) is 17.2. The van der Waals surface area contributed by atoms with Gasteiger partial charge in [-0.1, -0.05) is 0 Å². The van der Waals surface area contributed by atoms with Crippen molar-refractivity contribution in [3.8, 4) is 11.1 Å². The van der Waals surface area contributed by atoms with Crippen LogP contribution in [0.25, 0.3) is 33.2 Å². The van der Waals surface area contributed by atoms with E-state index < -0.39 is 0 Å². The number of fused-ring (bicyclic) bond motifs is 2. The standard InChI is InChI=1S/C21H25FN6O/c1-11(2)28-13(4)26-19-17(22)6-14(7-18(19)28)15-8-23-20-16(15)9-24-21(27-20)25-12(3)10-29-5/h6-9,11-12H,10H2,1-5H3,(H2,23,24,25,27)/t12-/m0/s1. The van der Waals surface area contributed by atoms with E-state index in [2.05, 4.69) is 39.1 Å². The number of aryl methyl sites for hydroxylation is 1. The molecule has 0 saturated heterocycles. The van der Waals surface area contributed by atoms with E-state index >= 15 is 0 Å². The molecule has 0 fully saturated rings. The van der Waals surface area contributed by atoms with Gasteiger partial charge < -0.3 is 19.6 Å². The molecule has 29 heavy (non-hydrogen) atoms. The highest BCUT2D eigenvalue weighted by molar-refractivity contribution is 5.96. The summed E-state index contributed by atoms with van der Waals surface area (Å²) in [5.41, 5.74) is 3.49. The second-order valence-corrected chi connectivity index (χ2v) is 7.61.